The number of amides is 1. The van der Waals surface area contributed by atoms with Gasteiger partial charge in [0.05, 0.1) is 19.8 Å². The molecule has 5 nitrogen and oxygen atoms in total. The molecule has 0 bridgehead atoms. The molecule has 0 N–H and O–H groups in total. The standard InChI is InChI=1S/C15H19NO4/c1-2-19-15(18)16-9-8-13(17)14(10-16)20-11-12-6-4-3-5-7-12/h3-7,14H,2,8-11H2,1H3/t14-/m0/s1. The first-order valence-corrected chi connectivity index (χ1v) is 6.80. The van der Waals surface area contributed by atoms with Crippen molar-refractivity contribution in [3.63, 3.8) is 0 Å². The Balaban J connectivity index is 1.89. The smallest absolute Gasteiger partial charge is 0.409 e. The van der Waals surface area contributed by atoms with Crippen molar-refractivity contribution in [2.75, 3.05) is 19.7 Å². The number of Topliss-reactive ketones (excluding diaryl/α,β-unsaturated/α-hetero) is 1. The van der Waals surface area contributed by atoms with Crippen LogP contribution in [0, 0.1) is 0 Å². The maximum absolute atomic E-state index is 11.8. The molecule has 1 aliphatic rings. The summed E-state index contributed by atoms with van der Waals surface area (Å²) in [4.78, 5) is 25.0. The molecule has 0 radical (unpaired) electrons. The van der Waals surface area contributed by atoms with Crippen molar-refractivity contribution in [3.8, 4) is 0 Å². The van der Waals surface area contributed by atoms with E-state index < -0.39 is 6.10 Å². The van der Waals surface area contributed by atoms with Gasteiger partial charge in [0.25, 0.3) is 0 Å². The maximum atomic E-state index is 11.8. The lowest BCUT2D eigenvalue weighted by molar-refractivity contribution is -0.136. The molecular formula is C15H19NO4. The van der Waals surface area contributed by atoms with Gasteiger partial charge in [-0.05, 0) is 12.5 Å². The summed E-state index contributed by atoms with van der Waals surface area (Å²) in [5.74, 6) is 0.0430. The highest BCUT2D eigenvalue weighted by molar-refractivity contribution is 5.85. The summed E-state index contributed by atoms with van der Waals surface area (Å²) in [6, 6.07) is 9.66. The number of hydrogen-bond donors (Lipinski definition) is 0. The van der Waals surface area contributed by atoms with E-state index in [1.165, 1.54) is 4.90 Å². The lowest BCUT2D eigenvalue weighted by atomic mass is 10.1. The third-order valence-corrected chi connectivity index (χ3v) is 3.19. The van der Waals surface area contributed by atoms with E-state index in [9.17, 15) is 9.59 Å². The summed E-state index contributed by atoms with van der Waals surface area (Å²) >= 11 is 0. The molecule has 0 aromatic heterocycles. The highest BCUT2D eigenvalue weighted by atomic mass is 16.6. The Morgan fingerprint density at radius 1 is 1.35 bits per heavy atom. The van der Waals surface area contributed by atoms with E-state index in [0.29, 0.717) is 26.2 Å². The summed E-state index contributed by atoms with van der Waals surface area (Å²) in [5.41, 5.74) is 1.01. The largest absolute Gasteiger partial charge is 0.450 e. The highest BCUT2D eigenvalue weighted by Crippen LogP contribution is 2.13. The summed E-state index contributed by atoms with van der Waals surface area (Å²) in [6.45, 7) is 3.14. The molecular weight excluding hydrogens is 258 g/mol. The molecule has 1 atom stereocenters. The number of piperidine rings is 1. The molecule has 0 unspecified atom stereocenters. The third-order valence-electron chi connectivity index (χ3n) is 3.19. The molecule has 1 amide bonds. The Morgan fingerprint density at radius 2 is 2.10 bits per heavy atom. The van der Waals surface area contributed by atoms with Gasteiger partial charge in [0.1, 0.15) is 6.10 Å². The average Bonchev–Trinajstić information content (AvgIpc) is 2.47. The SMILES string of the molecule is CCOC(=O)N1CCC(=O)[C@@H](OCc2ccccc2)C1. The fourth-order valence-electron chi connectivity index (χ4n) is 2.10. The van der Waals surface area contributed by atoms with Gasteiger partial charge in [-0.1, -0.05) is 30.3 Å². The van der Waals surface area contributed by atoms with Crippen molar-refractivity contribution in [3.05, 3.63) is 35.9 Å². The summed E-state index contributed by atoms with van der Waals surface area (Å²) in [7, 11) is 0. The lowest BCUT2D eigenvalue weighted by Crippen LogP contribution is -2.48. The Hall–Kier alpha value is -1.88. The van der Waals surface area contributed by atoms with Gasteiger partial charge in [0.15, 0.2) is 5.78 Å². The van der Waals surface area contributed by atoms with Gasteiger partial charge in [0.2, 0.25) is 0 Å². The monoisotopic (exact) mass is 277 g/mol. The van der Waals surface area contributed by atoms with Crippen LogP contribution in [0.2, 0.25) is 0 Å². The normalized spacial score (nSPS) is 18.9. The number of likely N-dealkylation sites (tertiary alicyclic amines) is 1. The first kappa shape index (κ1) is 14.5. The molecule has 1 aromatic rings. The van der Waals surface area contributed by atoms with Crippen LogP contribution in [0.1, 0.15) is 18.9 Å². The van der Waals surface area contributed by atoms with Crippen LogP contribution in [0.3, 0.4) is 0 Å². The van der Waals surface area contributed by atoms with E-state index in [0.717, 1.165) is 5.56 Å². The Kier molecular flexibility index (Phi) is 5.12. The molecule has 1 aromatic carbocycles. The molecule has 1 heterocycles. The lowest BCUT2D eigenvalue weighted by Gasteiger charge is -2.30. The molecule has 1 aliphatic heterocycles. The molecule has 20 heavy (non-hydrogen) atoms. The molecule has 108 valence electrons. The van der Waals surface area contributed by atoms with E-state index in [1.54, 1.807) is 6.92 Å². The Bertz CT molecular complexity index is 460. The first-order chi connectivity index (χ1) is 9.70. The average molecular weight is 277 g/mol. The summed E-state index contributed by atoms with van der Waals surface area (Å²) in [6.07, 6.45) is -0.625. The van der Waals surface area contributed by atoms with E-state index in [-0.39, 0.29) is 18.4 Å². The fourth-order valence-corrected chi connectivity index (χ4v) is 2.10. The van der Waals surface area contributed by atoms with Gasteiger partial charge < -0.3 is 14.4 Å². The Labute approximate surface area is 118 Å². The maximum Gasteiger partial charge on any atom is 0.409 e. The second-order valence-electron chi connectivity index (χ2n) is 4.65. The predicted molar refractivity (Wildman–Crippen MR) is 73.2 cm³/mol. The van der Waals surface area contributed by atoms with Crippen LogP contribution in [0.15, 0.2) is 30.3 Å². The zero-order chi connectivity index (χ0) is 14.4. The molecule has 5 heteroatoms. The van der Waals surface area contributed by atoms with Gasteiger partial charge in [-0.25, -0.2) is 4.79 Å². The highest BCUT2D eigenvalue weighted by Gasteiger charge is 2.31. The second-order valence-corrected chi connectivity index (χ2v) is 4.65. The number of carbonyl (C=O) groups is 2. The molecule has 0 aliphatic carbocycles. The Morgan fingerprint density at radius 3 is 2.80 bits per heavy atom. The van der Waals surface area contributed by atoms with Gasteiger partial charge in [-0.2, -0.15) is 0 Å². The summed E-state index contributed by atoms with van der Waals surface area (Å²) < 4.78 is 10.6. The van der Waals surface area contributed by atoms with E-state index in [2.05, 4.69) is 0 Å². The van der Waals surface area contributed by atoms with Crippen molar-refractivity contribution >= 4 is 11.9 Å². The van der Waals surface area contributed by atoms with Crippen molar-refractivity contribution in [2.45, 2.75) is 26.1 Å². The minimum atomic E-state index is -0.562. The molecule has 1 fully saturated rings. The first-order valence-electron chi connectivity index (χ1n) is 6.80. The fraction of sp³-hybridized carbons (Fsp3) is 0.467. The van der Waals surface area contributed by atoms with E-state index >= 15 is 0 Å². The third kappa shape index (κ3) is 3.81. The number of rotatable bonds is 4. The zero-order valence-corrected chi connectivity index (χ0v) is 11.6. The topological polar surface area (TPSA) is 55.8 Å². The van der Waals surface area contributed by atoms with E-state index in [4.69, 9.17) is 9.47 Å². The number of ketones is 1. The molecule has 1 saturated heterocycles. The van der Waals surface area contributed by atoms with Crippen LogP contribution in [0.4, 0.5) is 4.79 Å². The summed E-state index contributed by atoms with van der Waals surface area (Å²) in [5, 5.41) is 0. The number of ether oxygens (including phenoxy) is 2. The van der Waals surface area contributed by atoms with E-state index in [1.807, 2.05) is 30.3 Å². The van der Waals surface area contributed by atoms with Gasteiger partial charge in [-0.15, -0.1) is 0 Å². The van der Waals surface area contributed by atoms with Crippen LogP contribution in [0.25, 0.3) is 0 Å². The number of hydrogen-bond acceptors (Lipinski definition) is 4. The molecule has 0 saturated carbocycles. The second kappa shape index (κ2) is 7.05. The van der Waals surface area contributed by atoms with Crippen LogP contribution in [-0.2, 0) is 20.9 Å². The number of nitrogens with zero attached hydrogens (tertiary/aromatic N) is 1. The van der Waals surface area contributed by atoms with Gasteiger partial charge in [0, 0.05) is 13.0 Å². The van der Waals surface area contributed by atoms with Crippen LogP contribution in [-0.4, -0.2) is 42.6 Å². The van der Waals surface area contributed by atoms with Crippen LogP contribution >= 0.6 is 0 Å². The minimum absolute atomic E-state index is 0.0430. The van der Waals surface area contributed by atoms with Gasteiger partial charge >= 0.3 is 6.09 Å². The number of benzene rings is 1. The van der Waals surface area contributed by atoms with Crippen LogP contribution < -0.4 is 0 Å². The minimum Gasteiger partial charge on any atom is -0.450 e. The van der Waals surface area contributed by atoms with Crippen LogP contribution in [0.5, 0.6) is 0 Å². The zero-order valence-electron chi connectivity index (χ0n) is 11.6. The quantitative estimate of drug-likeness (QED) is 0.844. The molecule has 2 rings (SSSR count). The van der Waals surface area contributed by atoms with Gasteiger partial charge in [-0.3, -0.25) is 4.79 Å². The van der Waals surface area contributed by atoms with Crippen molar-refractivity contribution in [1.29, 1.82) is 0 Å². The molecule has 0 spiro atoms. The number of carbonyl (C=O) groups excluding carboxylic acids is 2. The predicted octanol–water partition coefficient (Wildman–Crippen LogP) is 2.00. The van der Waals surface area contributed by atoms with Crippen molar-refractivity contribution in [1.82, 2.24) is 4.90 Å². The van der Waals surface area contributed by atoms with Crippen molar-refractivity contribution in [2.24, 2.45) is 0 Å². The van der Waals surface area contributed by atoms with Crippen molar-refractivity contribution < 1.29 is 19.1 Å².